The fourth-order valence-corrected chi connectivity index (χ4v) is 5.92. The number of carbonyl (C=O) groups is 2. The molecule has 3 amide bonds. The predicted octanol–water partition coefficient (Wildman–Crippen LogP) is 3.24. The molecule has 0 aliphatic carbocycles. The molecule has 29 heavy (non-hydrogen) atoms. The van der Waals surface area contributed by atoms with E-state index in [-0.39, 0.29) is 11.9 Å². The summed E-state index contributed by atoms with van der Waals surface area (Å²) in [4.78, 5) is 33.9. The van der Waals surface area contributed by atoms with Crippen LogP contribution in [0.15, 0.2) is 12.1 Å². The van der Waals surface area contributed by atoms with Crippen molar-refractivity contribution in [3.8, 4) is 0 Å². The third-order valence-electron chi connectivity index (χ3n) is 5.48. The number of likely N-dealkylation sites (tertiary alicyclic amines) is 1. The lowest BCUT2D eigenvalue weighted by Crippen LogP contribution is -2.56. The standard InChI is InChI=1S/C19H23ClN4O3S2/c1-12-13(20)5-6-15-16(12)21-18(28-15)22-17(25)14-4-2-3-7-24(14)19(26)23-8-10-29(27)11-9-23/h5-6,14H,2-4,7-11H2,1H3,(H,21,22,25). The number of urea groups is 1. The van der Waals surface area contributed by atoms with Crippen LogP contribution < -0.4 is 5.32 Å². The molecule has 1 aromatic heterocycles. The average Bonchev–Trinajstić information content (AvgIpc) is 3.14. The van der Waals surface area contributed by atoms with E-state index < -0.39 is 16.8 Å². The van der Waals surface area contributed by atoms with Crippen LogP contribution in [0.3, 0.4) is 0 Å². The van der Waals surface area contributed by atoms with Crippen molar-refractivity contribution in [1.82, 2.24) is 14.8 Å². The number of amides is 3. The highest BCUT2D eigenvalue weighted by molar-refractivity contribution is 7.85. The largest absolute Gasteiger partial charge is 0.323 e. The number of thiazole rings is 1. The molecule has 2 aliphatic heterocycles. The summed E-state index contributed by atoms with van der Waals surface area (Å²) in [7, 11) is -0.846. The normalized spacial score (nSPS) is 20.8. The molecule has 0 radical (unpaired) electrons. The van der Waals surface area contributed by atoms with Gasteiger partial charge in [-0.05, 0) is 43.9 Å². The Balaban J connectivity index is 1.49. The molecule has 1 aromatic carbocycles. The molecule has 2 aromatic rings. The molecule has 0 saturated carbocycles. The molecule has 0 spiro atoms. The number of hydrogen-bond donors (Lipinski definition) is 1. The number of hydrogen-bond acceptors (Lipinski definition) is 5. The summed E-state index contributed by atoms with van der Waals surface area (Å²) in [6.07, 6.45) is 2.42. The Bertz CT molecular complexity index is 970. The number of nitrogens with zero attached hydrogens (tertiary/aromatic N) is 3. The number of nitrogens with one attached hydrogen (secondary N) is 1. The van der Waals surface area contributed by atoms with E-state index in [0.717, 1.165) is 28.6 Å². The van der Waals surface area contributed by atoms with Gasteiger partial charge < -0.3 is 15.1 Å². The van der Waals surface area contributed by atoms with E-state index in [9.17, 15) is 13.8 Å². The van der Waals surface area contributed by atoms with Crippen molar-refractivity contribution in [3.05, 3.63) is 22.7 Å². The maximum absolute atomic E-state index is 13.0. The maximum Gasteiger partial charge on any atom is 0.320 e. The fourth-order valence-electron chi connectivity index (χ4n) is 3.79. The SMILES string of the molecule is Cc1c(Cl)ccc2sc(NC(=O)C3CCCCN3C(=O)N3CCS(=O)CC3)nc12. The van der Waals surface area contributed by atoms with Crippen molar-refractivity contribution in [2.75, 3.05) is 36.5 Å². The predicted molar refractivity (Wildman–Crippen MR) is 117 cm³/mol. The van der Waals surface area contributed by atoms with Gasteiger partial charge in [0.05, 0.1) is 10.2 Å². The van der Waals surface area contributed by atoms with Crippen molar-refractivity contribution in [2.24, 2.45) is 0 Å². The van der Waals surface area contributed by atoms with E-state index in [0.29, 0.717) is 47.7 Å². The summed E-state index contributed by atoms with van der Waals surface area (Å²) in [5, 5.41) is 4.07. The highest BCUT2D eigenvalue weighted by Crippen LogP contribution is 2.32. The number of aryl methyl sites for hydroxylation is 1. The van der Waals surface area contributed by atoms with Gasteiger partial charge in [0.2, 0.25) is 5.91 Å². The van der Waals surface area contributed by atoms with Gasteiger partial charge in [-0.25, -0.2) is 9.78 Å². The molecule has 0 bridgehead atoms. The number of carbonyl (C=O) groups excluding carboxylic acids is 2. The van der Waals surface area contributed by atoms with Crippen molar-refractivity contribution in [3.63, 3.8) is 0 Å². The molecule has 1 atom stereocenters. The van der Waals surface area contributed by atoms with Crippen LogP contribution in [0.25, 0.3) is 10.2 Å². The van der Waals surface area contributed by atoms with Gasteiger partial charge in [0.15, 0.2) is 5.13 Å². The summed E-state index contributed by atoms with van der Waals surface area (Å²) in [5.74, 6) is 0.801. The van der Waals surface area contributed by atoms with Gasteiger partial charge in [-0.1, -0.05) is 22.9 Å². The Morgan fingerprint density at radius 3 is 2.76 bits per heavy atom. The first-order chi connectivity index (χ1) is 13.9. The second-order valence-corrected chi connectivity index (χ2v) is 10.5. The number of aromatic nitrogens is 1. The molecule has 1 N–H and O–H groups in total. The third kappa shape index (κ3) is 4.27. The highest BCUT2D eigenvalue weighted by atomic mass is 35.5. The smallest absolute Gasteiger partial charge is 0.320 e. The number of piperidine rings is 1. The van der Waals surface area contributed by atoms with Gasteiger partial charge in [-0.3, -0.25) is 9.00 Å². The maximum atomic E-state index is 13.0. The van der Waals surface area contributed by atoms with Gasteiger partial charge in [0, 0.05) is 47.0 Å². The molecule has 2 aliphatic rings. The molecule has 2 fully saturated rings. The van der Waals surface area contributed by atoms with Crippen molar-refractivity contribution >= 4 is 61.0 Å². The van der Waals surface area contributed by atoms with Gasteiger partial charge in [0.25, 0.3) is 0 Å². The quantitative estimate of drug-likeness (QED) is 0.755. The Morgan fingerprint density at radius 2 is 2.00 bits per heavy atom. The minimum absolute atomic E-state index is 0.131. The highest BCUT2D eigenvalue weighted by Gasteiger charge is 2.35. The van der Waals surface area contributed by atoms with E-state index in [2.05, 4.69) is 10.3 Å². The Hall–Kier alpha value is -1.71. The topological polar surface area (TPSA) is 82.6 Å². The molecule has 156 valence electrons. The molecule has 3 heterocycles. The van der Waals surface area contributed by atoms with Crippen LogP contribution in [0.2, 0.25) is 5.02 Å². The lowest BCUT2D eigenvalue weighted by molar-refractivity contribution is -0.121. The zero-order chi connectivity index (χ0) is 20.5. The van der Waals surface area contributed by atoms with Gasteiger partial charge in [0.1, 0.15) is 6.04 Å². The molecule has 7 nitrogen and oxygen atoms in total. The van der Waals surface area contributed by atoms with Crippen molar-refractivity contribution in [2.45, 2.75) is 32.2 Å². The second kappa shape index (κ2) is 8.57. The summed E-state index contributed by atoms with van der Waals surface area (Å²) in [6, 6.07) is 3.08. The number of halogens is 1. The van der Waals surface area contributed by atoms with E-state index in [1.165, 1.54) is 11.3 Å². The second-order valence-electron chi connectivity index (χ2n) is 7.35. The minimum Gasteiger partial charge on any atom is -0.323 e. The van der Waals surface area contributed by atoms with E-state index >= 15 is 0 Å². The Kier molecular flexibility index (Phi) is 6.08. The molecule has 10 heteroatoms. The summed E-state index contributed by atoms with van der Waals surface area (Å²) < 4.78 is 12.5. The molecule has 4 rings (SSSR count). The van der Waals surface area contributed by atoms with Crippen LogP contribution in [0.4, 0.5) is 9.93 Å². The van der Waals surface area contributed by atoms with Crippen LogP contribution >= 0.6 is 22.9 Å². The van der Waals surface area contributed by atoms with Crippen LogP contribution in [-0.2, 0) is 15.6 Å². The van der Waals surface area contributed by atoms with Crippen LogP contribution in [-0.4, -0.2) is 68.1 Å². The van der Waals surface area contributed by atoms with E-state index in [4.69, 9.17) is 11.6 Å². The van der Waals surface area contributed by atoms with Gasteiger partial charge >= 0.3 is 6.03 Å². The Labute approximate surface area is 180 Å². The first-order valence-electron chi connectivity index (χ1n) is 9.71. The molecular weight excluding hydrogens is 432 g/mol. The average molecular weight is 455 g/mol. The van der Waals surface area contributed by atoms with E-state index in [1.807, 2.05) is 19.1 Å². The molecule has 1 unspecified atom stereocenters. The number of fused-ring (bicyclic) bond motifs is 1. The van der Waals surface area contributed by atoms with Crippen LogP contribution in [0.1, 0.15) is 24.8 Å². The van der Waals surface area contributed by atoms with Crippen LogP contribution in [0.5, 0.6) is 0 Å². The molecular formula is C19H23ClN4O3S2. The third-order valence-corrected chi connectivity index (χ3v) is 8.10. The van der Waals surface area contributed by atoms with Crippen LogP contribution in [0, 0.1) is 6.92 Å². The lowest BCUT2D eigenvalue weighted by atomic mass is 10.0. The number of anilines is 1. The Morgan fingerprint density at radius 1 is 1.24 bits per heavy atom. The van der Waals surface area contributed by atoms with Crippen molar-refractivity contribution < 1.29 is 13.8 Å². The van der Waals surface area contributed by atoms with Crippen molar-refractivity contribution in [1.29, 1.82) is 0 Å². The summed E-state index contributed by atoms with van der Waals surface area (Å²) in [5.41, 5.74) is 1.67. The molecule has 2 saturated heterocycles. The zero-order valence-electron chi connectivity index (χ0n) is 16.1. The van der Waals surface area contributed by atoms with Gasteiger partial charge in [-0.2, -0.15) is 0 Å². The van der Waals surface area contributed by atoms with E-state index in [1.54, 1.807) is 9.80 Å². The number of benzene rings is 1. The summed E-state index contributed by atoms with van der Waals surface area (Å²) >= 11 is 7.57. The lowest BCUT2D eigenvalue weighted by Gasteiger charge is -2.39. The van der Waals surface area contributed by atoms with Gasteiger partial charge in [-0.15, -0.1) is 0 Å². The number of rotatable bonds is 2. The minimum atomic E-state index is -0.846. The monoisotopic (exact) mass is 454 g/mol. The first kappa shape index (κ1) is 20.6. The fraction of sp³-hybridized carbons (Fsp3) is 0.526. The first-order valence-corrected chi connectivity index (χ1v) is 12.4. The summed E-state index contributed by atoms with van der Waals surface area (Å²) in [6.45, 7) is 3.43. The zero-order valence-corrected chi connectivity index (χ0v) is 18.5.